The van der Waals surface area contributed by atoms with Crippen LogP contribution in [0.5, 0.6) is 0 Å². The maximum absolute atomic E-state index is 12.1. The standard InChI is InChI=1S/C17H26N2O2.CH5N/c1-17(2,3)21-16(20)19-15(14-9-10-18-12-14)11-13-7-5-4-6-8-13;1-2/h4-8,14-15,18H,9-12H2,1-3H3,(H,19,20);2H2,1H3. The highest BCUT2D eigenvalue weighted by molar-refractivity contribution is 5.68. The highest BCUT2D eigenvalue weighted by atomic mass is 16.6. The monoisotopic (exact) mass is 321 g/mol. The number of alkyl carbamates (subject to hydrolysis) is 1. The summed E-state index contributed by atoms with van der Waals surface area (Å²) in [6.07, 6.45) is 1.61. The maximum Gasteiger partial charge on any atom is 0.407 e. The summed E-state index contributed by atoms with van der Waals surface area (Å²) in [6, 6.07) is 10.4. The minimum Gasteiger partial charge on any atom is -0.444 e. The molecule has 0 bridgehead atoms. The van der Waals surface area contributed by atoms with Crippen molar-refractivity contribution in [3.05, 3.63) is 35.9 Å². The van der Waals surface area contributed by atoms with Crippen molar-refractivity contribution in [2.45, 2.75) is 45.3 Å². The SMILES string of the molecule is CC(C)(C)OC(=O)NC(Cc1ccccc1)C1CCNC1.CN. The van der Waals surface area contributed by atoms with Crippen molar-refractivity contribution in [2.75, 3.05) is 20.1 Å². The number of rotatable bonds is 4. The first-order valence-corrected chi connectivity index (χ1v) is 8.26. The van der Waals surface area contributed by atoms with E-state index in [2.05, 4.69) is 28.5 Å². The van der Waals surface area contributed by atoms with Gasteiger partial charge in [0.15, 0.2) is 0 Å². The van der Waals surface area contributed by atoms with E-state index in [9.17, 15) is 4.79 Å². The molecule has 1 heterocycles. The largest absolute Gasteiger partial charge is 0.444 e. The molecule has 23 heavy (non-hydrogen) atoms. The van der Waals surface area contributed by atoms with E-state index < -0.39 is 5.60 Å². The van der Waals surface area contributed by atoms with Crippen LogP contribution in [0.2, 0.25) is 0 Å². The second-order valence-electron chi connectivity index (χ2n) is 6.70. The molecule has 2 unspecified atom stereocenters. The van der Waals surface area contributed by atoms with Gasteiger partial charge >= 0.3 is 6.09 Å². The van der Waals surface area contributed by atoms with E-state index in [4.69, 9.17) is 4.74 Å². The Bertz CT molecular complexity index is 451. The average Bonchev–Trinajstić information content (AvgIpc) is 3.02. The molecule has 5 nitrogen and oxygen atoms in total. The molecule has 2 rings (SSSR count). The molecule has 0 spiro atoms. The van der Waals surface area contributed by atoms with Crippen LogP contribution in [0.4, 0.5) is 4.79 Å². The molecular weight excluding hydrogens is 290 g/mol. The second kappa shape index (κ2) is 9.53. The summed E-state index contributed by atoms with van der Waals surface area (Å²) in [4.78, 5) is 12.1. The predicted molar refractivity (Wildman–Crippen MR) is 94.4 cm³/mol. The molecule has 0 aromatic heterocycles. The molecule has 1 aliphatic heterocycles. The Balaban J connectivity index is 0.00000127. The van der Waals surface area contributed by atoms with Crippen LogP contribution in [0.25, 0.3) is 0 Å². The smallest absolute Gasteiger partial charge is 0.407 e. The Labute approximate surface area is 140 Å². The topological polar surface area (TPSA) is 76.4 Å². The molecule has 1 fully saturated rings. The van der Waals surface area contributed by atoms with Gasteiger partial charge in [0.25, 0.3) is 0 Å². The Morgan fingerprint density at radius 1 is 1.35 bits per heavy atom. The van der Waals surface area contributed by atoms with Crippen LogP contribution in [-0.4, -0.2) is 37.9 Å². The minimum absolute atomic E-state index is 0.109. The lowest BCUT2D eigenvalue weighted by molar-refractivity contribution is 0.0488. The number of carbonyl (C=O) groups excluding carboxylic acids is 1. The van der Waals surface area contributed by atoms with E-state index in [0.29, 0.717) is 5.92 Å². The van der Waals surface area contributed by atoms with Gasteiger partial charge < -0.3 is 21.1 Å². The summed E-state index contributed by atoms with van der Waals surface area (Å²) in [5, 5.41) is 6.43. The summed E-state index contributed by atoms with van der Waals surface area (Å²) in [5.74, 6) is 0.456. The Hall–Kier alpha value is -1.59. The van der Waals surface area contributed by atoms with Crippen LogP contribution in [0, 0.1) is 5.92 Å². The van der Waals surface area contributed by atoms with Crippen molar-refractivity contribution in [2.24, 2.45) is 11.7 Å². The fraction of sp³-hybridized carbons (Fsp3) is 0.611. The molecule has 0 radical (unpaired) electrons. The van der Waals surface area contributed by atoms with Crippen molar-refractivity contribution < 1.29 is 9.53 Å². The zero-order valence-electron chi connectivity index (χ0n) is 14.8. The van der Waals surface area contributed by atoms with Gasteiger partial charge in [-0.3, -0.25) is 0 Å². The van der Waals surface area contributed by atoms with Gasteiger partial charge in [-0.2, -0.15) is 0 Å². The number of hydrogen-bond donors (Lipinski definition) is 3. The van der Waals surface area contributed by atoms with Gasteiger partial charge in [0.05, 0.1) is 0 Å². The third kappa shape index (κ3) is 7.48. The first-order chi connectivity index (χ1) is 10.9. The van der Waals surface area contributed by atoms with Gasteiger partial charge in [0.2, 0.25) is 0 Å². The summed E-state index contributed by atoms with van der Waals surface area (Å²) in [7, 11) is 1.50. The van der Waals surface area contributed by atoms with Crippen molar-refractivity contribution in [1.29, 1.82) is 0 Å². The van der Waals surface area contributed by atoms with Crippen LogP contribution in [-0.2, 0) is 11.2 Å². The quantitative estimate of drug-likeness (QED) is 0.795. The van der Waals surface area contributed by atoms with Gasteiger partial charge in [-0.15, -0.1) is 0 Å². The number of ether oxygens (including phenoxy) is 1. The highest BCUT2D eigenvalue weighted by Gasteiger charge is 2.28. The molecule has 1 aromatic rings. The number of amides is 1. The van der Waals surface area contributed by atoms with Gasteiger partial charge in [-0.25, -0.2) is 4.79 Å². The zero-order chi connectivity index (χ0) is 17.3. The van der Waals surface area contributed by atoms with E-state index in [1.807, 2.05) is 39.0 Å². The molecule has 1 amide bonds. The molecule has 0 saturated carbocycles. The molecular formula is C18H31N3O2. The Morgan fingerprint density at radius 3 is 2.52 bits per heavy atom. The average molecular weight is 321 g/mol. The summed E-state index contributed by atoms with van der Waals surface area (Å²) in [6.45, 7) is 7.63. The molecule has 2 atom stereocenters. The lowest BCUT2D eigenvalue weighted by atomic mass is 9.93. The van der Waals surface area contributed by atoms with E-state index >= 15 is 0 Å². The number of carbonyl (C=O) groups is 1. The van der Waals surface area contributed by atoms with Gasteiger partial charge in [0.1, 0.15) is 5.60 Å². The summed E-state index contributed by atoms with van der Waals surface area (Å²) < 4.78 is 5.40. The third-order valence-corrected chi connectivity index (χ3v) is 3.67. The Kier molecular flexibility index (Phi) is 8.06. The molecule has 1 aliphatic rings. The van der Waals surface area contributed by atoms with Crippen LogP contribution in [0.15, 0.2) is 30.3 Å². The lowest BCUT2D eigenvalue weighted by Gasteiger charge is -2.27. The van der Waals surface area contributed by atoms with Gasteiger partial charge in [0, 0.05) is 6.04 Å². The van der Waals surface area contributed by atoms with E-state index in [-0.39, 0.29) is 12.1 Å². The van der Waals surface area contributed by atoms with Gasteiger partial charge in [-0.05, 0) is 65.2 Å². The lowest BCUT2D eigenvalue weighted by Crippen LogP contribution is -2.44. The zero-order valence-corrected chi connectivity index (χ0v) is 14.8. The number of nitrogens with two attached hydrogens (primary N) is 1. The van der Waals surface area contributed by atoms with E-state index in [1.165, 1.54) is 12.6 Å². The minimum atomic E-state index is -0.463. The number of benzene rings is 1. The Morgan fingerprint density at radius 2 is 2.00 bits per heavy atom. The first kappa shape index (κ1) is 19.5. The van der Waals surface area contributed by atoms with Gasteiger partial charge in [-0.1, -0.05) is 30.3 Å². The highest BCUT2D eigenvalue weighted by Crippen LogP contribution is 2.18. The molecule has 1 saturated heterocycles. The normalized spacial score (nSPS) is 18.6. The molecule has 130 valence electrons. The van der Waals surface area contributed by atoms with Crippen LogP contribution < -0.4 is 16.4 Å². The third-order valence-electron chi connectivity index (χ3n) is 3.67. The van der Waals surface area contributed by atoms with E-state index in [1.54, 1.807) is 0 Å². The molecule has 5 heteroatoms. The first-order valence-electron chi connectivity index (χ1n) is 8.26. The molecule has 1 aromatic carbocycles. The van der Waals surface area contributed by atoms with Crippen molar-refractivity contribution in [3.63, 3.8) is 0 Å². The summed E-state index contributed by atoms with van der Waals surface area (Å²) in [5.41, 5.74) is 5.28. The fourth-order valence-corrected chi connectivity index (χ4v) is 2.68. The number of nitrogens with one attached hydrogen (secondary N) is 2. The second-order valence-corrected chi connectivity index (χ2v) is 6.70. The van der Waals surface area contributed by atoms with Crippen molar-refractivity contribution in [1.82, 2.24) is 10.6 Å². The van der Waals surface area contributed by atoms with Crippen LogP contribution in [0.3, 0.4) is 0 Å². The maximum atomic E-state index is 12.1. The molecule has 4 N–H and O–H groups in total. The number of hydrogen-bond acceptors (Lipinski definition) is 4. The summed E-state index contributed by atoms with van der Waals surface area (Å²) >= 11 is 0. The van der Waals surface area contributed by atoms with Crippen LogP contribution >= 0.6 is 0 Å². The van der Waals surface area contributed by atoms with Crippen molar-refractivity contribution in [3.8, 4) is 0 Å². The predicted octanol–water partition coefficient (Wildman–Crippen LogP) is 2.31. The van der Waals surface area contributed by atoms with E-state index in [0.717, 1.165) is 25.9 Å². The fourth-order valence-electron chi connectivity index (χ4n) is 2.68. The molecule has 0 aliphatic carbocycles. The van der Waals surface area contributed by atoms with Crippen LogP contribution in [0.1, 0.15) is 32.8 Å². The van der Waals surface area contributed by atoms with Crippen molar-refractivity contribution >= 4 is 6.09 Å².